The Morgan fingerprint density at radius 3 is 2.50 bits per heavy atom. The summed E-state index contributed by atoms with van der Waals surface area (Å²) in [5.41, 5.74) is 0.200. The van der Waals surface area contributed by atoms with E-state index >= 15 is 0 Å². The van der Waals surface area contributed by atoms with Crippen molar-refractivity contribution in [2.45, 2.75) is 33.3 Å². The van der Waals surface area contributed by atoms with Gasteiger partial charge in [0.2, 0.25) is 11.7 Å². The lowest BCUT2D eigenvalue weighted by molar-refractivity contribution is 0.0240. The third kappa shape index (κ3) is 4.24. The van der Waals surface area contributed by atoms with E-state index in [4.69, 9.17) is 20.9 Å². The molecule has 1 aliphatic heterocycles. The zero-order valence-electron chi connectivity index (χ0n) is 15.3. The molecule has 3 rings (SSSR count). The Bertz CT molecular complexity index is 794. The number of hydrogen-bond acceptors (Lipinski definition) is 7. The Morgan fingerprint density at radius 2 is 1.96 bits per heavy atom. The summed E-state index contributed by atoms with van der Waals surface area (Å²) in [6, 6.07) is 1.77. The zero-order valence-corrected chi connectivity index (χ0v) is 16.1. The predicted octanol–water partition coefficient (Wildman–Crippen LogP) is 3.15. The average molecular weight is 380 g/mol. The fourth-order valence-corrected chi connectivity index (χ4v) is 2.92. The van der Waals surface area contributed by atoms with Gasteiger partial charge in [-0.1, -0.05) is 16.8 Å². The molecular formula is C17H22ClN5O3. The molecular weight excluding hydrogens is 358 g/mol. The molecule has 3 heterocycles. The Morgan fingerprint density at radius 1 is 1.27 bits per heavy atom. The van der Waals surface area contributed by atoms with Crippen LogP contribution in [0.25, 0.3) is 11.4 Å². The molecule has 140 valence electrons. The fourth-order valence-electron chi connectivity index (χ4n) is 2.63. The summed E-state index contributed by atoms with van der Waals surface area (Å²) in [4.78, 5) is 24.5. The maximum atomic E-state index is 12.1. The van der Waals surface area contributed by atoms with Gasteiger partial charge >= 0.3 is 6.09 Å². The first kappa shape index (κ1) is 18.4. The summed E-state index contributed by atoms with van der Waals surface area (Å²) in [6.07, 6.45) is 1.38. The van der Waals surface area contributed by atoms with Crippen LogP contribution in [0, 0.1) is 6.92 Å². The van der Waals surface area contributed by atoms with E-state index in [-0.39, 0.29) is 6.09 Å². The number of rotatable bonds is 2. The Labute approximate surface area is 157 Å². The summed E-state index contributed by atoms with van der Waals surface area (Å²) in [6.45, 7) is 9.67. The van der Waals surface area contributed by atoms with Crippen molar-refractivity contribution in [1.82, 2.24) is 20.0 Å². The van der Waals surface area contributed by atoms with Crippen LogP contribution in [0.15, 0.2) is 16.8 Å². The number of pyridine rings is 1. The topological polar surface area (TPSA) is 84.6 Å². The van der Waals surface area contributed by atoms with E-state index in [1.54, 1.807) is 24.1 Å². The van der Waals surface area contributed by atoms with Gasteiger partial charge in [0.15, 0.2) is 0 Å². The lowest BCUT2D eigenvalue weighted by Gasteiger charge is -2.36. The molecule has 0 unspecified atom stereocenters. The number of carbonyl (C=O) groups is 1. The van der Waals surface area contributed by atoms with E-state index in [9.17, 15) is 4.79 Å². The summed E-state index contributed by atoms with van der Waals surface area (Å²) in [5.74, 6) is 1.62. The lowest BCUT2D eigenvalue weighted by Crippen LogP contribution is -2.50. The third-order valence-electron chi connectivity index (χ3n) is 3.84. The number of carbonyl (C=O) groups excluding carboxylic acids is 1. The smallest absolute Gasteiger partial charge is 0.410 e. The van der Waals surface area contributed by atoms with Crippen molar-refractivity contribution in [2.24, 2.45) is 0 Å². The van der Waals surface area contributed by atoms with Gasteiger partial charge < -0.3 is 19.1 Å². The van der Waals surface area contributed by atoms with Crippen LogP contribution in [-0.4, -0.2) is 57.9 Å². The van der Waals surface area contributed by atoms with Crippen LogP contribution in [0.1, 0.15) is 26.7 Å². The van der Waals surface area contributed by atoms with Gasteiger partial charge in [-0.15, -0.1) is 0 Å². The van der Waals surface area contributed by atoms with Crippen LogP contribution in [0.4, 0.5) is 10.6 Å². The minimum atomic E-state index is -0.498. The third-order valence-corrected chi connectivity index (χ3v) is 4.12. The molecule has 0 atom stereocenters. The molecule has 1 saturated heterocycles. The second-order valence-electron chi connectivity index (χ2n) is 7.12. The van der Waals surface area contributed by atoms with E-state index in [1.165, 1.54) is 0 Å². The van der Waals surface area contributed by atoms with E-state index in [0.29, 0.717) is 54.3 Å². The number of nitrogens with zero attached hydrogens (tertiary/aromatic N) is 5. The summed E-state index contributed by atoms with van der Waals surface area (Å²) < 4.78 is 10.4. The standard InChI is InChI=1S/C17H22ClN5O3/c1-11-20-14(21-26-11)12-9-13(18)15(19-10-12)22-5-7-23(8-6-22)16(24)25-17(2,3)4/h9-10H,5-8H2,1-4H3. The van der Waals surface area contributed by atoms with Crippen molar-refractivity contribution in [1.29, 1.82) is 0 Å². The number of ether oxygens (including phenoxy) is 1. The van der Waals surface area contributed by atoms with Crippen LogP contribution < -0.4 is 4.90 Å². The molecule has 0 spiro atoms. The van der Waals surface area contributed by atoms with Crippen LogP contribution in [0.3, 0.4) is 0 Å². The zero-order chi connectivity index (χ0) is 18.9. The highest BCUT2D eigenvalue weighted by Gasteiger charge is 2.27. The number of anilines is 1. The maximum absolute atomic E-state index is 12.1. The molecule has 0 radical (unpaired) electrons. The largest absolute Gasteiger partial charge is 0.444 e. The van der Waals surface area contributed by atoms with Crippen LogP contribution in [-0.2, 0) is 4.74 Å². The minimum absolute atomic E-state index is 0.293. The van der Waals surface area contributed by atoms with Crippen molar-refractivity contribution in [3.63, 3.8) is 0 Å². The number of piperazine rings is 1. The predicted molar refractivity (Wildman–Crippen MR) is 97.3 cm³/mol. The number of hydrogen-bond donors (Lipinski definition) is 0. The van der Waals surface area contributed by atoms with Crippen molar-refractivity contribution < 1.29 is 14.1 Å². The van der Waals surface area contributed by atoms with Crippen molar-refractivity contribution >= 4 is 23.5 Å². The highest BCUT2D eigenvalue weighted by Crippen LogP contribution is 2.28. The number of halogens is 1. The van der Waals surface area contributed by atoms with Gasteiger partial charge in [-0.25, -0.2) is 9.78 Å². The van der Waals surface area contributed by atoms with Crippen LogP contribution in [0.2, 0.25) is 5.02 Å². The molecule has 2 aromatic rings. The summed E-state index contributed by atoms with van der Waals surface area (Å²) in [7, 11) is 0. The normalized spacial score (nSPS) is 15.3. The molecule has 0 bridgehead atoms. The fraction of sp³-hybridized carbons (Fsp3) is 0.529. The molecule has 0 saturated carbocycles. The van der Waals surface area contributed by atoms with Crippen molar-refractivity contribution in [2.75, 3.05) is 31.1 Å². The molecule has 0 aliphatic carbocycles. The van der Waals surface area contributed by atoms with E-state index in [1.807, 2.05) is 20.8 Å². The molecule has 1 fully saturated rings. The van der Waals surface area contributed by atoms with Crippen molar-refractivity contribution in [3.05, 3.63) is 23.2 Å². The first-order valence-corrected chi connectivity index (χ1v) is 8.80. The van der Waals surface area contributed by atoms with Gasteiger partial charge in [0.25, 0.3) is 0 Å². The first-order valence-electron chi connectivity index (χ1n) is 8.42. The lowest BCUT2D eigenvalue weighted by atomic mass is 10.2. The van der Waals surface area contributed by atoms with Gasteiger partial charge in [-0.3, -0.25) is 0 Å². The first-order chi connectivity index (χ1) is 12.2. The molecule has 1 aliphatic rings. The molecule has 8 nitrogen and oxygen atoms in total. The Hall–Kier alpha value is -2.35. The van der Waals surface area contributed by atoms with E-state index in [2.05, 4.69) is 20.0 Å². The second kappa shape index (κ2) is 7.11. The second-order valence-corrected chi connectivity index (χ2v) is 7.53. The summed E-state index contributed by atoms with van der Waals surface area (Å²) >= 11 is 6.41. The highest BCUT2D eigenvalue weighted by molar-refractivity contribution is 6.33. The van der Waals surface area contributed by atoms with Crippen LogP contribution in [0.5, 0.6) is 0 Å². The SMILES string of the molecule is Cc1nc(-c2cnc(N3CCN(C(=O)OC(C)(C)C)CC3)c(Cl)c2)no1. The highest BCUT2D eigenvalue weighted by atomic mass is 35.5. The maximum Gasteiger partial charge on any atom is 0.410 e. The quantitative estimate of drug-likeness (QED) is 0.792. The van der Waals surface area contributed by atoms with Crippen LogP contribution >= 0.6 is 11.6 Å². The van der Waals surface area contributed by atoms with Gasteiger partial charge in [0.1, 0.15) is 11.4 Å². The van der Waals surface area contributed by atoms with Crippen molar-refractivity contribution in [3.8, 4) is 11.4 Å². The minimum Gasteiger partial charge on any atom is -0.444 e. The van der Waals surface area contributed by atoms with Gasteiger partial charge in [-0.2, -0.15) is 4.98 Å². The Kier molecular flexibility index (Phi) is 5.04. The number of aromatic nitrogens is 3. The van der Waals surface area contributed by atoms with Gasteiger partial charge in [0, 0.05) is 44.9 Å². The van der Waals surface area contributed by atoms with Gasteiger partial charge in [-0.05, 0) is 26.8 Å². The van der Waals surface area contributed by atoms with E-state index < -0.39 is 5.60 Å². The molecule has 0 aromatic carbocycles. The van der Waals surface area contributed by atoms with Gasteiger partial charge in [0.05, 0.1) is 5.02 Å². The molecule has 2 aromatic heterocycles. The Balaban J connectivity index is 1.65. The number of amides is 1. The molecule has 0 N–H and O–H groups in total. The summed E-state index contributed by atoms with van der Waals surface area (Å²) in [5, 5.41) is 4.38. The van der Waals surface area contributed by atoms with E-state index in [0.717, 1.165) is 0 Å². The molecule has 26 heavy (non-hydrogen) atoms. The molecule has 9 heteroatoms. The number of aryl methyl sites for hydroxylation is 1. The molecule has 1 amide bonds. The average Bonchev–Trinajstić information content (AvgIpc) is 3.00. The monoisotopic (exact) mass is 379 g/mol.